The van der Waals surface area contributed by atoms with Crippen molar-refractivity contribution in [2.75, 3.05) is 5.01 Å². The summed E-state index contributed by atoms with van der Waals surface area (Å²) < 4.78 is 23.9. The molecule has 0 aromatic carbocycles. The van der Waals surface area contributed by atoms with Gasteiger partial charge in [0.2, 0.25) is 11.9 Å². The number of H-pyrrole nitrogens is 1. The number of anilines is 1. The lowest BCUT2D eigenvalue weighted by atomic mass is 10.7. The van der Waals surface area contributed by atoms with Gasteiger partial charge in [-0.3, -0.25) is 10.5 Å². The number of hydrazine groups is 1. The van der Waals surface area contributed by atoms with Crippen molar-refractivity contribution in [3.05, 3.63) is 30.7 Å². The van der Waals surface area contributed by atoms with Crippen molar-refractivity contribution in [2.24, 2.45) is 5.73 Å². The van der Waals surface area contributed by atoms with Gasteiger partial charge in [0.25, 0.3) is 10.0 Å². The van der Waals surface area contributed by atoms with Crippen LogP contribution in [0.2, 0.25) is 0 Å². The number of guanidine groups is 1. The summed E-state index contributed by atoms with van der Waals surface area (Å²) >= 11 is 0. The molecule has 2 aromatic heterocycles. The molecule has 0 amide bonds. The molecule has 2 aromatic rings. The van der Waals surface area contributed by atoms with Crippen LogP contribution in [0, 0.1) is 5.41 Å². The fraction of sp³-hybridized carbons (Fsp3) is 0. The second-order valence-corrected chi connectivity index (χ2v) is 4.91. The molecule has 0 saturated carbocycles. The third kappa shape index (κ3) is 2.83. The molecule has 0 radical (unpaired) electrons. The van der Waals surface area contributed by atoms with Crippen LogP contribution in [0.5, 0.6) is 0 Å². The Labute approximate surface area is 108 Å². The van der Waals surface area contributed by atoms with Gasteiger partial charge in [0.05, 0.1) is 6.20 Å². The van der Waals surface area contributed by atoms with Gasteiger partial charge in [-0.1, -0.05) is 0 Å². The lowest BCUT2D eigenvalue weighted by molar-refractivity contribution is 0.578. The van der Waals surface area contributed by atoms with Crippen LogP contribution < -0.4 is 15.6 Å². The van der Waals surface area contributed by atoms with E-state index in [0.29, 0.717) is 0 Å². The highest BCUT2D eigenvalue weighted by atomic mass is 32.2. The molecule has 19 heavy (non-hydrogen) atoms. The zero-order chi connectivity index (χ0) is 13.9. The minimum absolute atomic E-state index is 0.0712. The van der Waals surface area contributed by atoms with Gasteiger partial charge in [0.1, 0.15) is 0 Å². The van der Waals surface area contributed by atoms with Crippen LogP contribution in [0.1, 0.15) is 0 Å². The van der Waals surface area contributed by atoms with Crippen molar-refractivity contribution in [2.45, 2.75) is 5.03 Å². The number of nitrogens with zero attached hydrogens (tertiary/aromatic N) is 4. The molecule has 2 rings (SSSR count). The second kappa shape index (κ2) is 4.99. The first-order valence-corrected chi connectivity index (χ1v) is 6.42. The predicted molar refractivity (Wildman–Crippen MR) is 65.3 cm³/mol. The second-order valence-electron chi connectivity index (χ2n) is 3.29. The summed E-state index contributed by atoms with van der Waals surface area (Å²) in [7, 11) is -3.95. The zero-order valence-electron chi connectivity index (χ0n) is 9.48. The summed E-state index contributed by atoms with van der Waals surface area (Å²) in [5.74, 6) is -0.646. The van der Waals surface area contributed by atoms with Gasteiger partial charge in [-0.2, -0.15) is 10.1 Å². The van der Waals surface area contributed by atoms with Crippen LogP contribution in [0.3, 0.4) is 0 Å². The number of sulfonamides is 1. The van der Waals surface area contributed by atoms with E-state index in [1.165, 1.54) is 24.7 Å². The average molecular weight is 282 g/mol. The molecule has 0 unspecified atom stereocenters. The van der Waals surface area contributed by atoms with E-state index < -0.39 is 16.0 Å². The third-order valence-corrected chi connectivity index (χ3v) is 3.20. The molecule has 5 N–H and O–H groups in total. The topological polar surface area (TPSA) is 154 Å². The Morgan fingerprint density at radius 1 is 1.37 bits per heavy atom. The molecule has 0 spiro atoms. The van der Waals surface area contributed by atoms with Crippen LogP contribution in [0.15, 0.2) is 35.7 Å². The van der Waals surface area contributed by atoms with Crippen molar-refractivity contribution in [1.82, 2.24) is 25.0 Å². The lowest BCUT2D eigenvalue weighted by Crippen LogP contribution is -2.50. The largest absolute Gasteiger partial charge is 0.368 e. The van der Waals surface area contributed by atoms with E-state index in [4.69, 9.17) is 11.1 Å². The van der Waals surface area contributed by atoms with E-state index in [0.717, 1.165) is 5.01 Å². The van der Waals surface area contributed by atoms with Gasteiger partial charge in [-0.15, -0.1) is 4.83 Å². The van der Waals surface area contributed by atoms with Crippen LogP contribution in [-0.2, 0) is 10.0 Å². The van der Waals surface area contributed by atoms with Crippen molar-refractivity contribution in [3.63, 3.8) is 0 Å². The van der Waals surface area contributed by atoms with Gasteiger partial charge in [0, 0.05) is 12.4 Å². The molecule has 0 bridgehead atoms. The maximum Gasteiger partial charge on any atom is 0.274 e. The fourth-order valence-electron chi connectivity index (χ4n) is 1.17. The number of aromatic nitrogens is 4. The molecule has 0 aliphatic carbocycles. The quantitative estimate of drug-likeness (QED) is 0.312. The Balaban J connectivity index is 2.31. The number of aromatic amines is 1. The Kier molecular flexibility index (Phi) is 3.39. The predicted octanol–water partition coefficient (Wildman–Crippen LogP) is -1.21. The van der Waals surface area contributed by atoms with Gasteiger partial charge >= 0.3 is 0 Å². The lowest BCUT2D eigenvalue weighted by Gasteiger charge is -2.19. The molecule has 0 saturated heterocycles. The highest BCUT2D eigenvalue weighted by Gasteiger charge is 2.23. The maximum atomic E-state index is 11.9. The first-order valence-electron chi connectivity index (χ1n) is 4.94. The van der Waals surface area contributed by atoms with E-state index in [1.807, 2.05) is 0 Å². The normalized spacial score (nSPS) is 11.2. The van der Waals surface area contributed by atoms with Crippen LogP contribution in [0.4, 0.5) is 5.95 Å². The van der Waals surface area contributed by atoms with Crippen LogP contribution in [0.25, 0.3) is 0 Å². The standard InChI is InChI=1S/C8H10N8O2S/c9-7(10)16(8-11-3-1-4-12-8)15-19(17,18)6-2-5-13-14-6/h1-5,15H,(H3,9,10)(H,13,14). The summed E-state index contributed by atoms with van der Waals surface area (Å²) in [6.07, 6.45) is 4.07. The number of hydrogen-bond acceptors (Lipinski definition) is 6. The highest BCUT2D eigenvalue weighted by Crippen LogP contribution is 2.07. The van der Waals surface area contributed by atoms with Crippen molar-refractivity contribution in [1.29, 1.82) is 5.41 Å². The van der Waals surface area contributed by atoms with Crippen LogP contribution >= 0.6 is 0 Å². The molecule has 10 nitrogen and oxygen atoms in total. The third-order valence-electron chi connectivity index (χ3n) is 1.97. The van der Waals surface area contributed by atoms with Gasteiger partial charge in [-0.25, -0.2) is 18.4 Å². The van der Waals surface area contributed by atoms with E-state index in [1.54, 1.807) is 6.07 Å². The molecule has 0 aliphatic rings. The molecule has 11 heteroatoms. The number of nitrogens with two attached hydrogens (primary N) is 1. The Hall–Kier alpha value is -2.53. The highest BCUT2D eigenvalue weighted by molar-refractivity contribution is 7.89. The summed E-state index contributed by atoms with van der Waals surface area (Å²) in [5.41, 5.74) is 5.31. The molecule has 0 fully saturated rings. The molecule has 100 valence electrons. The van der Waals surface area contributed by atoms with E-state index in [9.17, 15) is 8.42 Å². The molecular formula is C8H10N8O2S. The Morgan fingerprint density at radius 3 is 2.58 bits per heavy atom. The minimum Gasteiger partial charge on any atom is -0.368 e. The molecule has 0 atom stereocenters. The van der Waals surface area contributed by atoms with Crippen molar-refractivity contribution >= 4 is 21.9 Å². The van der Waals surface area contributed by atoms with Crippen molar-refractivity contribution in [3.8, 4) is 0 Å². The summed E-state index contributed by atoms with van der Waals surface area (Å²) in [4.78, 5) is 9.69. The van der Waals surface area contributed by atoms with E-state index in [-0.39, 0.29) is 11.0 Å². The monoisotopic (exact) mass is 282 g/mol. The summed E-state index contributed by atoms with van der Waals surface area (Å²) in [6, 6.07) is 2.80. The molecule has 0 aliphatic heterocycles. The maximum absolute atomic E-state index is 11.9. The van der Waals surface area contributed by atoms with Gasteiger partial charge < -0.3 is 5.73 Å². The average Bonchev–Trinajstić information content (AvgIpc) is 2.91. The number of nitrogens with one attached hydrogen (secondary N) is 3. The summed E-state index contributed by atoms with van der Waals surface area (Å²) in [6.45, 7) is 0. The smallest absolute Gasteiger partial charge is 0.274 e. The van der Waals surface area contributed by atoms with Gasteiger partial charge in [-0.05, 0) is 12.1 Å². The molecule has 2 heterocycles. The Bertz CT molecular complexity index is 653. The van der Waals surface area contributed by atoms with E-state index in [2.05, 4.69) is 25.0 Å². The summed E-state index contributed by atoms with van der Waals surface area (Å²) in [5, 5.41) is 13.8. The zero-order valence-corrected chi connectivity index (χ0v) is 10.3. The fourth-order valence-corrected chi connectivity index (χ4v) is 2.10. The first kappa shape index (κ1) is 12.9. The van der Waals surface area contributed by atoms with E-state index >= 15 is 0 Å². The van der Waals surface area contributed by atoms with Gasteiger partial charge in [0.15, 0.2) is 5.03 Å². The minimum atomic E-state index is -3.95. The number of rotatable bonds is 4. The van der Waals surface area contributed by atoms with Crippen molar-refractivity contribution < 1.29 is 8.42 Å². The first-order chi connectivity index (χ1) is 9.00. The Morgan fingerprint density at radius 2 is 2.05 bits per heavy atom. The number of hydrogen-bond donors (Lipinski definition) is 4. The van der Waals surface area contributed by atoms with Crippen LogP contribution in [-0.4, -0.2) is 34.5 Å². The SMILES string of the molecule is N=C(N)N(NS(=O)(=O)c1ccn[nH]1)c1ncccn1. The molecular weight excluding hydrogens is 272 g/mol.